The maximum Gasteiger partial charge on any atom is 0.251 e. The summed E-state index contributed by atoms with van der Waals surface area (Å²) >= 11 is 0. The van der Waals surface area contributed by atoms with Crippen molar-refractivity contribution in [2.24, 2.45) is 0 Å². The average molecular weight is 261 g/mol. The van der Waals surface area contributed by atoms with Crippen LogP contribution in [0.25, 0.3) is 0 Å². The highest BCUT2D eigenvalue weighted by molar-refractivity contribution is 6.03. The molecule has 1 aromatic carbocycles. The molecular formula is C13H15N3O3. The summed E-state index contributed by atoms with van der Waals surface area (Å²) in [4.78, 5) is 34.5. The smallest absolute Gasteiger partial charge is 0.251 e. The molecule has 1 atom stereocenters. The third-order valence-corrected chi connectivity index (χ3v) is 2.98. The van der Waals surface area contributed by atoms with E-state index in [9.17, 15) is 14.4 Å². The summed E-state index contributed by atoms with van der Waals surface area (Å²) < 4.78 is 0. The Labute approximate surface area is 110 Å². The minimum Gasteiger partial charge on any atom is -0.357 e. The SMILES string of the molecule is CNC(=O)C(C)NC(=O)c1ccc2c(c1)NC(=O)C2. The Morgan fingerprint density at radius 1 is 1.37 bits per heavy atom. The van der Waals surface area contributed by atoms with Crippen LogP contribution in [-0.4, -0.2) is 30.8 Å². The molecule has 0 spiro atoms. The zero-order valence-electron chi connectivity index (χ0n) is 10.7. The van der Waals surface area contributed by atoms with E-state index >= 15 is 0 Å². The molecule has 0 aliphatic carbocycles. The van der Waals surface area contributed by atoms with Crippen LogP contribution in [0.1, 0.15) is 22.8 Å². The van der Waals surface area contributed by atoms with Crippen molar-refractivity contribution >= 4 is 23.4 Å². The van der Waals surface area contributed by atoms with Gasteiger partial charge in [-0.05, 0) is 24.6 Å². The molecule has 100 valence electrons. The van der Waals surface area contributed by atoms with Crippen LogP contribution < -0.4 is 16.0 Å². The van der Waals surface area contributed by atoms with E-state index in [4.69, 9.17) is 0 Å². The number of amides is 3. The lowest BCUT2D eigenvalue weighted by molar-refractivity contribution is -0.122. The van der Waals surface area contributed by atoms with Gasteiger partial charge in [0.05, 0.1) is 6.42 Å². The predicted octanol–water partition coefficient (Wildman–Crippen LogP) is 0.0455. The summed E-state index contributed by atoms with van der Waals surface area (Å²) in [5.74, 6) is -0.686. The first-order chi connectivity index (χ1) is 9.01. The van der Waals surface area contributed by atoms with Gasteiger partial charge in [-0.2, -0.15) is 0 Å². The van der Waals surface area contributed by atoms with Crippen molar-refractivity contribution in [2.45, 2.75) is 19.4 Å². The van der Waals surface area contributed by atoms with E-state index in [1.165, 1.54) is 7.05 Å². The summed E-state index contributed by atoms with van der Waals surface area (Å²) in [5.41, 5.74) is 1.95. The number of hydrogen-bond acceptors (Lipinski definition) is 3. The molecule has 0 fully saturated rings. The number of fused-ring (bicyclic) bond motifs is 1. The topological polar surface area (TPSA) is 87.3 Å². The second kappa shape index (κ2) is 5.09. The first-order valence-electron chi connectivity index (χ1n) is 5.96. The van der Waals surface area contributed by atoms with Crippen molar-refractivity contribution in [2.75, 3.05) is 12.4 Å². The largest absolute Gasteiger partial charge is 0.357 e. The maximum atomic E-state index is 12.0. The Balaban J connectivity index is 2.11. The molecular weight excluding hydrogens is 246 g/mol. The van der Waals surface area contributed by atoms with Gasteiger partial charge in [0.2, 0.25) is 11.8 Å². The van der Waals surface area contributed by atoms with Gasteiger partial charge in [-0.3, -0.25) is 14.4 Å². The van der Waals surface area contributed by atoms with Crippen molar-refractivity contribution in [3.63, 3.8) is 0 Å². The number of rotatable bonds is 3. The molecule has 6 nitrogen and oxygen atoms in total. The zero-order chi connectivity index (χ0) is 14.0. The van der Waals surface area contributed by atoms with Gasteiger partial charge in [-0.15, -0.1) is 0 Å². The third kappa shape index (κ3) is 2.73. The molecule has 1 heterocycles. The van der Waals surface area contributed by atoms with Gasteiger partial charge in [-0.1, -0.05) is 6.07 Å². The Kier molecular flexibility index (Phi) is 3.50. The number of likely N-dealkylation sites (N-methyl/N-ethyl adjacent to an activating group) is 1. The van der Waals surface area contributed by atoms with Gasteiger partial charge in [0.25, 0.3) is 5.91 Å². The fourth-order valence-electron chi connectivity index (χ4n) is 1.92. The second-order valence-electron chi connectivity index (χ2n) is 4.41. The first kappa shape index (κ1) is 13.1. The molecule has 1 unspecified atom stereocenters. The van der Waals surface area contributed by atoms with Crippen LogP contribution in [0.2, 0.25) is 0 Å². The van der Waals surface area contributed by atoms with E-state index in [0.717, 1.165) is 5.56 Å². The molecule has 3 amide bonds. The molecule has 1 aromatic rings. The minimum atomic E-state index is -0.611. The predicted molar refractivity (Wildman–Crippen MR) is 69.8 cm³/mol. The minimum absolute atomic E-state index is 0.0775. The van der Waals surface area contributed by atoms with Gasteiger partial charge in [0, 0.05) is 18.3 Å². The monoisotopic (exact) mass is 261 g/mol. The highest BCUT2D eigenvalue weighted by Crippen LogP contribution is 2.23. The normalized spacial score (nSPS) is 14.3. The van der Waals surface area contributed by atoms with E-state index in [0.29, 0.717) is 17.7 Å². The van der Waals surface area contributed by atoms with Crippen molar-refractivity contribution < 1.29 is 14.4 Å². The summed E-state index contributed by atoms with van der Waals surface area (Å²) in [6, 6.07) is 4.39. The average Bonchev–Trinajstić information content (AvgIpc) is 2.76. The summed E-state index contributed by atoms with van der Waals surface area (Å²) in [7, 11) is 1.51. The second-order valence-corrected chi connectivity index (χ2v) is 4.41. The van der Waals surface area contributed by atoms with Gasteiger partial charge < -0.3 is 16.0 Å². The zero-order valence-corrected chi connectivity index (χ0v) is 10.7. The lowest BCUT2D eigenvalue weighted by Gasteiger charge is -2.12. The molecule has 0 aromatic heterocycles. The number of hydrogen-bond donors (Lipinski definition) is 3. The van der Waals surface area contributed by atoms with Crippen LogP contribution in [0, 0.1) is 0 Å². The van der Waals surface area contributed by atoms with E-state index in [-0.39, 0.29) is 17.7 Å². The Morgan fingerprint density at radius 2 is 2.11 bits per heavy atom. The molecule has 1 aliphatic heterocycles. The standard InChI is InChI=1S/C13H15N3O3/c1-7(12(18)14-2)15-13(19)9-4-3-8-6-11(17)16-10(8)5-9/h3-5,7H,6H2,1-2H3,(H,14,18)(H,15,19)(H,16,17). The highest BCUT2D eigenvalue weighted by atomic mass is 16.2. The highest BCUT2D eigenvalue weighted by Gasteiger charge is 2.20. The van der Waals surface area contributed by atoms with Crippen LogP contribution in [-0.2, 0) is 16.0 Å². The van der Waals surface area contributed by atoms with Gasteiger partial charge in [0.1, 0.15) is 6.04 Å². The molecule has 0 radical (unpaired) electrons. The fraction of sp³-hybridized carbons (Fsp3) is 0.308. The molecule has 3 N–H and O–H groups in total. The number of benzene rings is 1. The van der Waals surface area contributed by atoms with Crippen LogP contribution in [0.15, 0.2) is 18.2 Å². The lowest BCUT2D eigenvalue weighted by Crippen LogP contribution is -2.43. The molecule has 0 saturated carbocycles. The van der Waals surface area contributed by atoms with Crippen LogP contribution in [0.3, 0.4) is 0 Å². The van der Waals surface area contributed by atoms with Gasteiger partial charge >= 0.3 is 0 Å². The van der Waals surface area contributed by atoms with Crippen molar-refractivity contribution in [3.8, 4) is 0 Å². The van der Waals surface area contributed by atoms with Crippen LogP contribution in [0.5, 0.6) is 0 Å². The Bertz CT molecular complexity index is 554. The Morgan fingerprint density at radius 3 is 2.79 bits per heavy atom. The van der Waals surface area contributed by atoms with E-state index in [1.54, 1.807) is 25.1 Å². The summed E-state index contributed by atoms with van der Waals surface area (Å²) in [6.07, 6.45) is 0.339. The fourth-order valence-corrected chi connectivity index (χ4v) is 1.92. The molecule has 1 aliphatic rings. The van der Waals surface area contributed by atoms with Gasteiger partial charge in [0.15, 0.2) is 0 Å². The third-order valence-electron chi connectivity index (χ3n) is 2.98. The maximum absolute atomic E-state index is 12.0. The summed E-state index contributed by atoms with van der Waals surface area (Å²) in [5, 5.41) is 7.73. The van der Waals surface area contributed by atoms with Gasteiger partial charge in [-0.25, -0.2) is 0 Å². The van der Waals surface area contributed by atoms with Crippen molar-refractivity contribution in [1.82, 2.24) is 10.6 Å². The number of anilines is 1. The molecule has 0 saturated heterocycles. The van der Waals surface area contributed by atoms with E-state index < -0.39 is 6.04 Å². The van der Waals surface area contributed by atoms with E-state index in [2.05, 4.69) is 16.0 Å². The quantitative estimate of drug-likeness (QED) is 0.718. The molecule has 19 heavy (non-hydrogen) atoms. The van der Waals surface area contributed by atoms with E-state index in [1.807, 2.05) is 0 Å². The van der Waals surface area contributed by atoms with Crippen molar-refractivity contribution in [1.29, 1.82) is 0 Å². The van der Waals surface area contributed by atoms with Crippen molar-refractivity contribution in [3.05, 3.63) is 29.3 Å². The molecule has 0 bridgehead atoms. The van der Waals surface area contributed by atoms with Crippen LogP contribution in [0.4, 0.5) is 5.69 Å². The lowest BCUT2D eigenvalue weighted by atomic mass is 10.1. The number of carbonyl (C=O) groups is 3. The number of nitrogens with one attached hydrogen (secondary N) is 3. The summed E-state index contributed by atoms with van der Waals surface area (Å²) in [6.45, 7) is 1.60. The first-order valence-corrected chi connectivity index (χ1v) is 5.96. The Hall–Kier alpha value is -2.37. The number of carbonyl (C=O) groups excluding carboxylic acids is 3. The van der Waals surface area contributed by atoms with Crippen LogP contribution >= 0.6 is 0 Å². The molecule has 2 rings (SSSR count). The molecule has 6 heteroatoms.